The monoisotopic (exact) mass is 239 g/mol. The summed E-state index contributed by atoms with van der Waals surface area (Å²) < 4.78 is 0. The predicted molar refractivity (Wildman–Crippen MR) is 41.4 cm³/mol. The maximum atomic E-state index is 10.3. The summed E-state index contributed by atoms with van der Waals surface area (Å²) in [5.41, 5.74) is 1.52. The fourth-order valence-corrected chi connectivity index (χ4v) is 0.846. The molecule has 1 radical (unpaired) electrons. The summed E-state index contributed by atoms with van der Waals surface area (Å²) in [6, 6.07) is 6.21. The Morgan fingerprint density at radius 3 is 2.42 bits per heavy atom. The zero-order valence-electron chi connectivity index (χ0n) is 7.00. The van der Waals surface area contributed by atoms with E-state index in [0.717, 1.165) is 5.56 Å². The van der Waals surface area contributed by atoms with Crippen molar-refractivity contribution in [2.24, 2.45) is 0 Å². The molecule has 0 atom stereocenters. The van der Waals surface area contributed by atoms with Crippen LogP contribution in [0.5, 0.6) is 0 Å². The van der Waals surface area contributed by atoms with Crippen LogP contribution in [-0.2, 0) is 32.7 Å². The quantitative estimate of drug-likeness (QED) is 0.427. The molecule has 0 aliphatic rings. The van der Waals surface area contributed by atoms with Gasteiger partial charge in [0.25, 0.3) is 0 Å². The Morgan fingerprint density at radius 2 is 2.00 bits per heavy atom. The van der Waals surface area contributed by atoms with E-state index in [0.29, 0.717) is 5.56 Å². The molecule has 0 spiro atoms. The van der Waals surface area contributed by atoms with Gasteiger partial charge in [0.05, 0.1) is 0 Å². The minimum atomic E-state index is -0.414. The SMILES string of the molecule is Cc1[c-]c([N+](=O)[O-])c(C)cc1.[Y]. The molecule has 61 valence electrons. The molecule has 1 rings (SSSR count). The fraction of sp³-hybridized carbons (Fsp3) is 0.250. The van der Waals surface area contributed by atoms with Gasteiger partial charge in [-0.15, -0.1) is 0 Å². The number of rotatable bonds is 1. The van der Waals surface area contributed by atoms with Crippen LogP contribution in [-0.4, -0.2) is 4.92 Å². The molecule has 1 aromatic rings. The molecule has 0 amide bonds. The third-order valence-corrected chi connectivity index (χ3v) is 1.45. The third-order valence-electron chi connectivity index (χ3n) is 1.45. The van der Waals surface area contributed by atoms with E-state index in [9.17, 15) is 10.1 Å². The molecule has 1 aromatic carbocycles. The molecular formula is C8H8NO2Y-. The summed E-state index contributed by atoms with van der Waals surface area (Å²) in [5, 5.41) is 10.3. The van der Waals surface area contributed by atoms with E-state index in [-0.39, 0.29) is 38.4 Å². The first-order chi connectivity index (χ1) is 5.11. The first kappa shape index (κ1) is 11.7. The topological polar surface area (TPSA) is 43.1 Å². The summed E-state index contributed by atoms with van der Waals surface area (Å²) >= 11 is 0. The molecule has 0 aromatic heterocycles. The number of nitro benzene ring substituents is 1. The summed E-state index contributed by atoms with van der Waals surface area (Å²) in [7, 11) is 0. The molecule has 0 saturated heterocycles. The average molecular weight is 239 g/mol. The largest absolute Gasteiger partial charge is 0.260 e. The number of hydrogen-bond donors (Lipinski definition) is 0. The van der Waals surface area contributed by atoms with Crippen molar-refractivity contribution in [1.82, 2.24) is 0 Å². The Balaban J connectivity index is 0.00000121. The predicted octanol–water partition coefficient (Wildman–Crippen LogP) is 2.01. The van der Waals surface area contributed by atoms with Crippen molar-refractivity contribution in [3.8, 4) is 0 Å². The van der Waals surface area contributed by atoms with Crippen LogP contribution in [0, 0.1) is 30.0 Å². The normalized spacial score (nSPS) is 8.83. The Labute approximate surface area is 96.2 Å². The summed E-state index contributed by atoms with van der Waals surface area (Å²) in [4.78, 5) is 9.93. The van der Waals surface area contributed by atoms with E-state index in [4.69, 9.17) is 0 Å². The van der Waals surface area contributed by atoms with Gasteiger partial charge in [0.1, 0.15) is 0 Å². The number of hydrogen-bond acceptors (Lipinski definition) is 2. The first-order valence-electron chi connectivity index (χ1n) is 3.25. The molecule has 3 nitrogen and oxygen atoms in total. The molecule has 0 aliphatic heterocycles. The van der Waals surface area contributed by atoms with Crippen molar-refractivity contribution < 1.29 is 37.6 Å². The van der Waals surface area contributed by atoms with Crippen molar-refractivity contribution in [1.29, 1.82) is 0 Å². The fourth-order valence-electron chi connectivity index (χ4n) is 0.846. The van der Waals surface area contributed by atoms with Crippen molar-refractivity contribution in [3.63, 3.8) is 0 Å². The van der Waals surface area contributed by atoms with Gasteiger partial charge in [-0.1, -0.05) is 25.5 Å². The standard InChI is InChI=1S/C8H8NO2.Y/c1-6-3-4-7(2)8(5-6)9(10)11;/h3-4H,1-2H3;/q-1;. The van der Waals surface area contributed by atoms with Gasteiger partial charge in [0.15, 0.2) is 5.69 Å². The van der Waals surface area contributed by atoms with E-state index >= 15 is 0 Å². The van der Waals surface area contributed by atoms with Crippen LogP contribution < -0.4 is 0 Å². The van der Waals surface area contributed by atoms with Crippen molar-refractivity contribution in [2.45, 2.75) is 13.8 Å². The van der Waals surface area contributed by atoms with Crippen LogP contribution in [0.15, 0.2) is 12.1 Å². The summed E-state index contributed by atoms with van der Waals surface area (Å²) in [5.74, 6) is 0. The molecule has 0 N–H and O–H groups in total. The molecule has 0 saturated carbocycles. The Morgan fingerprint density at radius 1 is 1.42 bits per heavy atom. The van der Waals surface area contributed by atoms with Gasteiger partial charge < -0.3 is 0 Å². The van der Waals surface area contributed by atoms with E-state index in [1.165, 1.54) is 0 Å². The molecular weight excluding hydrogens is 231 g/mol. The van der Waals surface area contributed by atoms with Gasteiger partial charge in [-0.05, 0) is 0 Å². The minimum absolute atomic E-state index is 0. The van der Waals surface area contributed by atoms with Crippen molar-refractivity contribution in [3.05, 3.63) is 39.4 Å². The molecule has 0 unspecified atom stereocenters. The summed E-state index contributed by atoms with van der Waals surface area (Å²) in [6.07, 6.45) is 0. The van der Waals surface area contributed by atoms with Gasteiger partial charge in [-0.25, -0.2) is 0 Å². The Bertz CT molecular complexity index is 299. The number of nitrogens with zero attached hydrogens (tertiary/aromatic N) is 1. The molecule has 0 bridgehead atoms. The van der Waals surface area contributed by atoms with Gasteiger partial charge in [-0.3, -0.25) is 10.1 Å². The van der Waals surface area contributed by atoms with Crippen LogP contribution in [0.4, 0.5) is 5.69 Å². The van der Waals surface area contributed by atoms with E-state index in [1.807, 2.05) is 6.07 Å². The molecule has 4 heteroatoms. The zero-order valence-corrected chi connectivity index (χ0v) is 9.83. The van der Waals surface area contributed by atoms with Crippen molar-refractivity contribution in [2.75, 3.05) is 0 Å². The van der Waals surface area contributed by atoms with Crippen LogP contribution in [0.3, 0.4) is 0 Å². The van der Waals surface area contributed by atoms with Crippen LogP contribution in [0.25, 0.3) is 0 Å². The number of benzene rings is 1. The van der Waals surface area contributed by atoms with Gasteiger partial charge in [0, 0.05) is 37.6 Å². The zero-order chi connectivity index (χ0) is 8.43. The maximum Gasteiger partial charge on any atom is 0.165 e. The first-order valence-corrected chi connectivity index (χ1v) is 3.25. The molecule has 0 fully saturated rings. The second kappa shape index (κ2) is 4.68. The maximum absolute atomic E-state index is 10.3. The van der Waals surface area contributed by atoms with E-state index in [2.05, 4.69) is 6.07 Å². The number of aryl methyl sites for hydroxylation is 2. The Kier molecular flexibility index (Phi) is 4.57. The molecule has 0 heterocycles. The van der Waals surface area contributed by atoms with Crippen LogP contribution in [0.2, 0.25) is 0 Å². The van der Waals surface area contributed by atoms with Crippen LogP contribution >= 0.6 is 0 Å². The smallest absolute Gasteiger partial charge is 0.165 e. The van der Waals surface area contributed by atoms with Gasteiger partial charge in [0.2, 0.25) is 0 Å². The number of nitro groups is 1. The second-order valence-electron chi connectivity index (χ2n) is 2.43. The average Bonchev–Trinajstić information content (AvgIpc) is 1.94. The molecule has 12 heavy (non-hydrogen) atoms. The molecule has 0 aliphatic carbocycles. The van der Waals surface area contributed by atoms with Gasteiger partial charge >= 0.3 is 0 Å². The summed E-state index contributed by atoms with van der Waals surface area (Å²) in [6.45, 7) is 3.49. The van der Waals surface area contributed by atoms with E-state index < -0.39 is 4.92 Å². The van der Waals surface area contributed by atoms with Crippen LogP contribution in [0.1, 0.15) is 11.1 Å². The van der Waals surface area contributed by atoms with Crippen molar-refractivity contribution >= 4 is 5.69 Å². The second-order valence-corrected chi connectivity index (χ2v) is 2.43. The van der Waals surface area contributed by atoms with E-state index in [1.54, 1.807) is 19.9 Å². The minimum Gasteiger partial charge on any atom is -0.260 e. The van der Waals surface area contributed by atoms with Gasteiger partial charge in [-0.2, -0.15) is 17.7 Å². The Hall–Kier alpha value is -0.276. The third kappa shape index (κ3) is 2.65.